The maximum Gasteiger partial charge on any atom is 0.364 e. The molecular weight excluding hydrogens is 1810 g/mol. The third-order valence-corrected chi connectivity index (χ3v) is 26.3. The van der Waals surface area contributed by atoms with Crippen LogP contribution in [0.25, 0.3) is 0 Å². The first-order valence-corrected chi connectivity index (χ1v) is 49.6. The van der Waals surface area contributed by atoms with E-state index in [-0.39, 0.29) is 6.42 Å². The van der Waals surface area contributed by atoms with E-state index in [4.69, 9.17) is 66.3 Å². The summed E-state index contributed by atoms with van der Waals surface area (Å²) in [5.74, 6) is -8.94. The van der Waals surface area contributed by atoms with Crippen LogP contribution in [0.15, 0.2) is 24.3 Å². The van der Waals surface area contributed by atoms with Crippen LogP contribution in [0.3, 0.4) is 0 Å². The predicted octanol–water partition coefficient (Wildman–Crippen LogP) is -2.11. The highest BCUT2D eigenvalue weighted by molar-refractivity contribution is 5.77. The molecule has 7 fully saturated rings. The summed E-state index contributed by atoms with van der Waals surface area (Å²) in [5, 5.41) is 249. The number of hydrogen-bond donors (Lipinski definition) is 25. The van der Waals surface area contributed by atoms with E-state index in [1.807, 2.05) is 0 Å². The molecule has 44 nitrogen and oxygen atoms in total. The van der Waals surface area contributed by atoms with Gasteiger partial charge in [0, 0.05) is 33.6 Å². The summed E-state index contributed by atoms with van der Waals surface area (Å²) in [5.41, 5.74) is 0. The van der Waals surface area contributed by atoms with Crippen LogP contribution in [-0.4, -0.2) is 416 Å². The minimum Gasteiger partial charge on any atom is -0.477 e. The van der Waals surface area contributed by atoms with Crippen LogP contribution < -0.4 is 21.3 Å². The van der Waals surface area contributed by atoms with E-state index in [2.05, 4.69) is 47.3 Å². The second kappa shape index (κ2) is 62.3. The van der Waals surface area contributed by atoms with Crippen molar-refractivity contribution in [2.24, 2.45) is 0 Å². The number of aliphatic carboxylic acids is 1. The lowest BCUT2D eigenvalue weighted by atomic mass is 9.88. The van der Waals surface area contributed by atoms with Crippen LogP contribution in [-0.2, 0) is 90.3 Å². The first-order chi connectivity index (χ1) is 65.6. The summed E-state index contributed by atoms with van der Waals surface area (Å²) < 4.78 is 85.1. The summed E-state index contributed by atoms with van der Waals surface area (Å²) >= 11 is 0. The lowest BCUT2D eigenvalue weighted by molar-refractivity contribution is -0.404. The van der Waals surface area contributed by atoms with Gasteiger partial charge >= 0.3 is 5.97 Å². The molecule has 7 aliphatic heterocycles. The standard InChI is InChI=1S/C93H164N4O40/c1-7-9-11-13-15-17-19-21-22-23-24-25-26-27-28-30-32-34-36-38-40-42-64(110)97-55(56(107)41-39-37-35-33-31-29-20-18-16-14-12-10-8-2)50-124-88-76(119)74(117)79(62(48-102)129-88)131-91-78(121)85(137-93(92(122)123)43-57(108)65(94-52(4)104)83(136-93)69(112)58(109)44-98)80(63(49-103)130-91)132-86-66(95-53(5)105)82(71(114)59(45-99)126-86)134-90-77(120)84(72(115)61(47-101)128-90)135-87-67(96-54(6)106)81(70(113)60(46-100)127-87)133-89-75(118)73(116)68(111)51(3)125-89/h21-22,39,41,51,55-63,65-91,98-103,107-109,111-121H,7-20,23-38,40,42-50H2,1-6H3,(H,94,104)(H,95,105)(H,96,106)(H,97,110)(H,122,123)/b22-21-,41-39+/t51?,55-,56+,57?,58+,59?,60?,61?,62?,63?,65+,66?,67?,68+,69+,70+,71-,72-,73?,74+,75-,76?,77?,78?,79+,80-,81+,82+,83?,84-,85+,86-,87-,88+,89+,90-,91-,93-/m0/s1. The number of aliphatic hydroxyl groups excluding tert-OH is 20. The van der Waals surface area contributed by atoms with Gasteiger partial charge < -0.3 is 195 Å². The third-order valence-electron chi connectivity index (χ3n) is 26.3. The molecule has 0 bridgehead atoms. The Hall–Kier alpha value is -4.53. The topological polar surface area (TPSA) is 688 Å². The number of amides is 4. The number of carbonyl (C=O) groups is 5. The quantitative estimate of drug-likeness (QED) is 0.0229. The number of ether oxygens (including phenoxy) is 14. The zero-order valence-corrected chi connectivity index (χ0v) is 80.1. The number of carbonyl (C=O) groups excluding carboxylic acids is 4. The first-order valence-electron chi connectivity index (χ1n) is 49.6. The van der Waals surface area contributed by atoms with Crippen molar-refractivity contribution in [2.75, 3.05) is 46.2 Å². The van der Waals surface area contributed by atoms with Gasteiger partial charge in [-0.25, -0.2) is 4.79 Å². The number of allylic oxidation sites excluding steroid dienone is 3. The smallest absolute Gasteiger partial charge is 0.364 e. The van der Waals surface area contributed by atoms with E-state index >= 15 is 0 Å². The van der Waals surface area contributed by atoms with Gasteiger partial charge in [0.05, 0.1) is 76.6 Å². The van der Waals surface area contributed by atoms with Crippen molar-refractivity contribution in [3.63, 3.8) is 0 Å². The summed E-state index contributed by atoms with van der Waals surface area (Å²) in [6, 6.07) is -6.93. The molecule has 14 unspecified atom stereocenters. The summed E-state index contributed by atoms with van der Waals surface area (Å²) in [7, 11) is 0. The van der Waals surface area contributed by atoms with Gasteiger partial charge in [-0.05, 0) is 51.9 Å². The highest BCUT2D eigenvalue weighted by Gasteiger charge is 2.63. The number of rotatable bonds is 63. The average molecular weight is 1980 g/mol. The van der Waals surface area contributed by atoms with Crippen LogP contribution in [0.2, 0.25) is 0 Å². The second-order valence-corrected chi connectivity index (χ2v) is 37.4. The number of unbranched alkanes of at least 4 members (excludes halogenated alkanes) is 28. The summed E-state index contributed by atoms with van der Waals surface area (Å²) in [6.45, 7) is 0.898. The summed E-state index contributed by atoms with van der Waals surface area (Å²) in [6.07, 6.45) is -27.8. The highest BCUT2D eigenvalue weighted by Crippen LogP contribution is 2.43. The Kier molecular flexibility index (Phi) is 54.3. The molecule has 137 heavy (non-hydrogen) atoms. The Bertz CT molecular complexity index is 3450. The number of hydrogen-bond acceptors (Lipinski definition) is 39. The molecule has 0 aromatic carbocycles. The van der Waals surface area contributed by atoms with Crippen molar-refractivity contribution in [3.05, 3.63) is 24.3 Å². The molecular formula is C93H164N4O40. The van der Waals surface area contributed by atoms with Gasteiger partial charge in [0.25, 0.3) is 5.79 Å². The van der Waals surface area contributed by atoms with Crippen molar-refractivity contribution in [3.8, 4) is 0 Å². The Morgan fingerprint density at radius 2 is 0.766 bits per heavy atom. The van der Waals surface area contributed by atoms with Gasteiger partial charge in [-0.1, -0.05) is 192 Å². The van der Waals surface area contributed by atoms with Crippen LogP contribution in [0.1, 0.15) is 253 Å². The van der Waals surface area contributed by atoms with E-state index in [9.17, 15) is 131 Å². The molecule has 0 spiro atoms. The normalized spacial score (nSPS) is 36.4. The maximum absolute atomic E-state index is 14.1. The van der Waals surface area contributed by atoms with Gasteiger partial charge in [-0.15, -0.1) is 0 Å². The molecule has 44 heteroatoms. The van der Waals surface area contributed by atoms with Crippen molar-refractivity contribution in [1.29, 1.82) is 0 Å². The Morgan fingerprint density at radius 1 is 0.394 bits per heavy atom. The molecule has 7 rings (SSSR count). The lowest BCUT2D eigenvalue weighted by Crippen LogP contribution is -2.72. The number of aliphatic hydroxyl groups is 20. The van der Waals surface area contributed by atoms with E-state index in [1.165, 1.54) is 116 Å². The van der Waals surface area contributed by atoms with Crippen LogP contribution in [0, 0.1) is 0 Å². The van der Waals surface area contributed by atoms with Crippen LogP contribution in [0.5, 0.6) is 0 Å². The van der Waals surface area contributed by atoms with E-state index in [0.717, 1.165) is 104 Å². The molecule has 7 saturated heterocycles. The Morgan fingerprint density at radius 3 is 1.22 bits per heavy atom. The first kappa shape index (κ1) is 119. The zero-order valence-electron chi connectivity index (χ0n) is 80.1. The van der Waals surface area contributed by atoms with Crippen LogP contribution in [0.4, 0.5) is 0 Å². The maximum atomic E-state index is 14.1. The Balaban J connectivity index is 1.12. The SMILES string of the molecule is CCCCCCCC/C=C\CCCCCCCCCCCCCC(=O)N[C@@H](CO[C@@H]1OC(CO)[C@@H](O[C@@H]2OC(CO)[C@H](O[C@@H]3OC(CO)[C@H](O)[C@H](O[C@@H]4OC(CO)[C@H](O)[C@H](O[C@@H]5OC(CO)[C@@H](O)[C@H](O[C@H]6OC(C)[C@@H](O)C(O)[C@@H]6O)C5NC(C)=O)C4O)C3NC(C)=O)[C@H](O[C@]3(C(=O)O)CC(O)[C@@H](NC(C)=O)C([C@H](O)[C@H](O)CO)O3)C2O)[C@H](O)C1O)[C@H](O)/C=C/CCCCCCCCCCCCC. The number of carboxylic acid groups (broad SMARTS) is 1. The molecule has 0 aliphatic carbocycles. The van der Waals surface area contributed by atoms with Crippen molar-refractivity contribution >= 4 is 29.6 Å². The number of nitrogens with one attached hydrogen (secondary N) is 4. The number of carboxylic acids is 1. The molecule has 4 amide bonds. The summed E-state index contributed by atoms with van der Waals surface area (Å²) in [4.78, 5) is 67.2. The van der Waals surface area contributed by atoms with Crippen LogP contribution >= 0.6 is 0 Å². The predicted molar refractivity (Wildman–Crippen MR) is 481 cm³/mol. The van der Waals surface area contributed by atoms with E-state index in [0.29, 0.717) is 12.8 Å². The average Bonchev–Trinajstić information content (AvgIpc) is 0.740. The molecule has 38 atom stereocenters. The van der Waals surface area contributed by atoms with Gasteiger partial charge in [0.1, 0.15) is 159 Å². The van der Waals surface area contributed by atoms with Gasteiger partial charge in [-0.2, -0.15) is 0 Å². The second-order valence-electron chi connectivity index (χ2n) is 37.4. The molecule has 7 aliphatic rings. The van der Waals surface area contributed by atoms with E-state index < -0.39 is 315 Å². The molecule has 0 aromatic heterocycles. The molecule has 0 saturated carbocycles. The van der Waals surface area contributed by atoms with Crippen molar-refractivity contribution < 1.29 is 198 Å². The fraction of sp³-hybridized carbons (Fsp3) is 0.903. The van der Waals surface area contributed by atoms with Crippen molar-refractivity contribution in [1.82, 2.24) is 21.3 Å². The fourth-order valence-corrected chi connectivity index (χ4v) is 18.4. The minimum atomic E-state index is -3.49. The molecule has 0 aromatic rings. The third kappa shape index (κ3) is 36.0. The largest absolute Gasteiger partial charge is 0.477 e. The molecule has 7 heterocycles. The van der Waals surface area contributed by atoms with Crippen molar-refractivity contribution in [2.45, 2.75) is 486 Å². The highest BCUT2D eigenvalue weighted by atomic mass is 16.8. The molecule has 796 valence electrons. The molecule has 25 N–H and O–H groups in total. The molecule has 0 radical (unpaired) electrons. The van der Waals surface area contributed by atoms with E-state index in [1.54, 1.807) is 6.08 Å². The van der Waals surface area contributed by atoms with Gasteiger partial charge in [0.15, 0.2) is 37.7 Å². The van der Waals surface area contributed by atoms with Gasteiger partial charge in [0.2, 0.25) is 23.6 Å². The van der Waals surface area contributed by atoms with Gasteiger partial charge in [-0.3, -0.25) is 19.2 Å². The zero-order chi connectivity index (χ0) is 101. The fourth-order valence-electron chi connectivity index (χ4n) is 18.4. The lowest BCUT2D eigenvalue weighted by Gasteiger charge is -2.53. The monoisotopic (exact) mass is 1980 g/mol. The minimum absolute atomic E-state index is 0.0963. The Labute approximate surface area is 801 Å².